The van der Waals surface area contributed by atoms with Gasteiger partial charge in [0, 0.05) is 0 Å². The molecule has 2 aliphatic rings. The number of aryl methyl sites for hydroxylation is 1. The number of rotatable bonds is 7. The van der Waals surface area contributed by atoms with E-state index in [1.54, 1.807) is 7.11 Å². The molecule has 1 fully saturated rings. The number of hydrogen-bond acceptors (Lipinski definition) is 4. The second kappa shape index (κ2) is 9.61. The molecule has 1 aliphatic heterocycles. The molecule has 0 saturated carbocycles. The van der Waals surface area contributed by atoms with Crippen LogP contribution >= 0.6 is 0 Å². The minimum Gasteiger partial charge on any atom is -0.495 e. The number of nitrogens with one attached hydrogen (secondary N) is 1. The molecular weight excluding hydrogens is 364 g/mol. The topological polar surface area (TPSA) is 46.4 Å². The van der Waals surface area contributed by atoms with Crippen LogP contribution in [0.2, 0.25) is 0 Å². The van der Waals surface area contributed by atoms with E-state index in [-0.39, 0.29) is 6.10 Å². The molecule has 2 atom stereocenters. The van der Waals surface area contributed by atoms with E-state index in [0.29, 0.717) is 6.61 Å². The molecule has 0 radical (unpaired) electrons. The summed E-state index contributed by atoms with van der Waals surface area (Å²) >= 11 is 0. The van der Waals surface area contributed by atoms with Crippen LogP contribution in [0.15, 0.2) is 48.5 Å². The number of anilines is 1. The van der Waals surface area contributed by atoms with E-state index in [4.69, 9.17) is 9.47 Å². The fraction of sp³-hybridized carbons (Fsp3) is 0.500. The van der Waals surface area contributed by atoms with Crippen LogP contribution in [-0.2, 0) is 11.2 Å². The van der Waals surface area contributed by atoms with E-state index in [1.807, 2.05) is 12.1 Å². The maximum absolute atomic E-state index is 10.6. The van der Waals surface area contributed by atoms with Crippen molar-refractivity contribution in [1.29, 1.82) is 0 Å². The highest BCUT2D eigenvalue weighted by molar-refractivity contribution is 5.58. The number of aliphatic hydroxyl groups is 1. The van der Waals surface area contributed by atoms with Crippen molar-refractivity contribution in [2.24, 2.45) is 0 Å². The Hall–Kier alpha value is -2.08. The number of benzene rings is 2. The van der Waals surface area contributed by atoms with Crippen LogP contribution in [0.1, 0.15) is 30.1 Å². The Kier molecular flexibility index (Phi) is 6.70. The van der Waals surface area contributed by atoms with Gasteiger partial charge in [-0.2, -0.15) is 0 Å². The number of hydrogen-bond donors (Lipinski definition) is 2. The van der Waals surface area contributed by atoms with Gasteiger partial charge in [0.2, 0.25) is 0 Å². The number of ether oxygens (including phenoxy) is 2. The summed E-state index contributed by atoms with van der Waals surface area (Å²) in [6, 6.07) is 16.8. The lowest BCUT2D eigenvalue weighted by atomic mass is 9.89. The zero-order valence-corrected chi connectivity index (χ0v) is 17.3. The van der Waals surface area contributed by atoms with Crippen LogP contribution in [0.4, 0.5) is 5.69 Å². The molecule has 2 N–H and O–H groups in total. The molecule has 1 saturated heterocycles. The van der Waals surface area contributed by atoms with Gasteiger partial charge in [-0.05, 0) is 42.5 Å². The highest BCUT2D eigenvalue weighted by atomic mass is 16.5. The number of fused-ring (bicyclic) bond motifs is 1. The standard InChI is InChI=1S/C24H32N2O3/c1-28-24-11-5-4-10-22(24)26-15-13-25(14-16-26)17-20(27)18-29-23-12-6-8-19-7-2-3-9-21(19)23/h2-5,7,9-11,20,23,27H,6,8,12-18H2,1H3/p+1/t20-,23-/m0/s1. The Morgan fingerprint density at radius 1 is 1.10 bits per heavy atom. The molecular formula is C24H33N2O3+. The van der Waals surface area contributed by atoms with Crippen molar-refractivity contribution in [3.63, 3.8) is 0 Å². The first-order chi connectivity index (χ1) is 14.2. The lowest BCUT2D eigenvalue weighted by Crippen LogP contribution is -3.16. The van der Waals surface area contributed by atoms with Gasteiger partial charge >= 0.3 is 0 Å². The van der Waals surface area contributed by atoms with Gasteiger partial charge in [0.25, 0.3) is 0 Å². The number of nitrogens with zero attached hydrogens (tertiary/aromatic N) is 1. The van der Waals surface area contributed by atoms with Crippen molar-refractivity contribution in [1.82, 2.24) is 0 Å². The average Bonchev–Trinajstić information content (AvgIpc) is 2.78. The Balaban J connectivity index is 1.24. The summed E-state index contributed by atoms with van der Waals surface area (Å²) in [6.45, 7) is 5.13. The smallest absolute Gasteiger partial charge is 0.142 e. The summed E-state index contributed by atoms with van der Waals surface area (Å²) < 4.78 is 11.6. The molecule has 0 bridgehead atoms. The van der Waals surface area contributed by atoms with Crippen molar-refractivity contribution >= 4 is 5.69 Å². The minimum atomic E-state index is -0.420. The van der Waals surface area contributed by atoms with Gasteiger partial charge in [-0.15, -0.1) is 0 Å². The van der Waals surface area contributed by atoms with E-state index in [2.05, 4.69) is 41.3 Å². The molecule has 0 spiro atoms. The quantitative estimate of drug-likeness (QED) is 0.749. The van der Waals surface area contributed by atoms with Crippen molar-refractivity contribution in [3.05, 3.63) is 59.7 Å². The normalized spacial score (nSPS) is 20.9. The Labute approximate surface area is 173 Å². The summed E-state index contributed by atoms with van der Waals surface area (Å²) in [5.74, 6) is 0.928. The molecule has 2 aromatic carbocycles. The zero-order chi connectivity index (χ0) is 20.1. The number of aliphatic hydroxyl groups excluding tert-OH is 1. The molecule has 5 nitrogen and oxygen atoms in total. The summed E-state index contributed by atoms with van der Waals surface area (Å²) in [5.41, 5.74) is 3.87. The monoisotopic (exact) mass is 397 g/mol. The number of piperazine rings is 1. The highest BCUT2D eigenvalue weighted by Gasteiger charge is 2.26. The van der Waals surface area contributed by atoms with Crippen LogP contribution in [0.5, 0.6) is 5.75 Å². The van der Waals surface area contributed by atoms with Gasteiger partial charge in [-0.1, -0.05) is 36.4 Å². The Morgan fingerprint density at radius 2 is 1.86 bits per heavy atom. The first-order valence-electron chi connectivity index (χ1n) is 10.8. The first kappa shape index (κ1) is 20.2. The predicted molar refractivity (Wildman–Crippen MR) is 115 cm³/mol. The number of quaternary nitrogens is 1. The van der Waals surface area contributed by atoms with E-state index in [9.17, 15) is 5.11 Å². The van der Waals surface area contributed by atoms with Crippen molar-refractivity contribution in [2.45, 2.75) is 31.5 Å². The van der Waals surface area contributed by atoms with Gasteiger partial charge in [0.15, 0.2) is 0 Å². The maximum atomic E-state index is 10.6. The second-order valence-electron chi connectivity index (χ2n) is 8.18. The zero-order valence-electron chi connectivity index (χ0n) is 17.3. The van der Waals surface area contributed by atoms with E-state index in [0.717, 1.165) is 63.4 Å². The van der Waals surface area contributed by atoms with Gasteiger partial charge in [0.1, 0.15) is 18.4 Å². The largest absolute Gasteiger partial charge is 0.495 e. The highest BCUT2D eigenvalue weighted by Crippen LogP contribution is 2.32. The first-order valence-corrected chi connectivity index (χ1v) is 10.8. The Morgan fingerprint density at radius 3 is 2.69 bits per heavy atom. The molecule has 29 heavy (non-hydrogen) atoms. The molecule has 1 aliphatic carbocycles. The van der Waals surface area contributed by atoms with Crippen LogP contribution < -0.4 is 14.5 Å². The van der Waals surface area contributed by atoms with Crippen LogP contribution in [-0.4, -0.2) is 57.7 Å². The lowest BCUT2D eigenvalue weighted by Gasteiger charge is -2.35. The SMILES string of the molecule is COc1ccccc1N1CC[NH+](C[C@H](O)CO[C@H]2CCCc3ccccc32)CC1. The van der Waals surface area contributed by atoms with Gasteiger partial charge in [-0.3, -0.25) is 0 Å². The summed E-state index contributed by atoms with van der Waals surface area (Å²) in [6.07, 6.45) is 3.06. The predicted octanol–water partition coefficient (Wildman–Crippen LogP) is 1.86. The van der Waals surface area contributed by atoms with E-state index < -0.39 is 6.10 Å². The lowest BCUT2D eigenvalue weighted by molar-refractivity contribution is -0.903. The molecule has 0 amide bonds. The molecule has 0 unspecified atom stereocenters. The second-order valence-corrected chi connectivity index (χ2v) is 8.18. The number of para-hydroxylation sites is 2. The molecule has 5 heteroatoms. The summed E-state index contributed by atoms with van der Waals surface area (Å²) in [5, 5.41) is 10.6. The van der Waals surface area contributed by atoms with Gasteiger partial charge < -0.3 is 24.4 Å². The van der Waals surface area contributed by atoms with E-state index in [1.165, 1.54) is 16.0 Å². The molecule has 2 aromatic rings. The molecule has 156 valence electrons. The van der Waals surface area contributed by atoms with Crippen LogP contribution in [0.25, 0.3) is 0 Å². The van der Waals surface area contributed by atoms with Gasteiger partial charge in [0.05, 0.1) is 51.7 Å². The molecule has 0 aromatic heterocycles. The third-order valence-electron chi connectivity index (χ3n) is 6.22. The van der Waals surface area contributed by atoms with Crippen molar-refractivity contribution in [3.8, 4) is 5.75 Å². The Bertz CT molecular complexity index is 789. The minimum absolute atomic E-state index is 0.131. The van der Waals surface area contributed by atoms with Crippen molar-refractivity contribution < 1.29 is 19.5 Å². The molecule has 4 rings (SSSR count). The maximum Gasteiger partial charge on any atom is 0.142 e. The number of methoxy groups -OCH3 is 1. The van der Waals surface area contributed by atoms with E-state index >= 15 is 0 Å². The fourth-order valence-electron chi connectivity index (χ4n) is 4.66. The fourth-order valence-corrected chi connectivity index (χ4v) is 4.66. The van der Waals surface area contributed by atoms with Crippen molar-refractivity contribution in [2.75, 3.05) is 51.3 Å². The van der Waals surface area contributed by atoms with Crippen LogP contribution in [0.3, 0.4) is 0 Å². The summed E-state index contributed by atoms with van der Waals surface area (Å²) in [7, 11) is 1.72. The average molecular weight is 398 g/mol. The molecule has 1 heterocycles. The van der Waals surface area contributed by atoms with Crippen LogP contribution in [0, 0.1) is 0 Å². The third kappa shape index (κ3) is 4.92. The third-order valence-corrected chi connectivity index (χ3v) is 6.22. The summed E-state index contributed by atoms with van der Waals surface area (Å²) in [4.78, 5) is 3.82. The van der Waals surface area contributed by atoms with Gasteiger partial charge in [-0.25, -0.2) is 0 Å².